The second-order valence-electron chi connectivity index (χ2n) is 8.93. The zero-order chi connectivity index (χ0) is 21.8. The summed E-state index contributed by atoms with van der Waals surface area (Å²) in [6.07, 6.45) is 5.22. The first kappa shape index (κ1) is 22.0. The third-order valence-corrected chi connectivity index (χ3v) is 6.77. The van der Waals surface area contributed by atoms with E-state index in [1.54, 1.807) is 12.1 Å². The maximum Gasteiger partial charge on any atom is 0.263 e. The number of hydrogen-bond donors (Lipinski definition) is 1. The van der Waals surface area contributed by atoms with Crippen LogP contribution in [0.1, 0.15) is 73.0 Å². The highest BCUT2D eigenvalue weighted by molar-refractivity contribution is 5.97. The number of rotatable bonds is 6. The number of aromatic nitrogens is 1. The van der Waals surface area contributed by atoms with E-state index in [-0.39, 0.29) is 17.5 Å². The molecule has 1 aromatic heterocycles. The van der Waals surface area contributed by atoms with Gasteiger partial charge in [-0.05, 0) is 56.2 Å². The van der Waals surface area contributed by atoms with Crippen LogP contribution in [-0.4, -0.2) is 29.7 Å². The third kappa shape index (κ3) is 5.17. The van der Waals surface area contributed by atoms with Crippen LogP contribution in [0.25, 0.3) is 11.3 Å². The summed E-state index contributed by atoms with van der Waals surface area (Å²) in [6.45, 7) is 4.13. The minimum absolute atomic E-state index is 0.00813. The molecule has 2 fully saturated rings. The zero-order valence-electron chi connectivity index (χ0n) is 18.2. The van der Waals surface area contributed by atoms with Gasteiger partial charge in [-0.3, -0.25) is 4.79 Å². The van der Waals surface area contributed by atoms with Crippen LogP contribution in [0.15, 0.2) is 30.3 Å². The minimum Gasteiger partial charge on any atom is -0.381 e. The summed E-state index contributed by atoms with van der Waals surface area (Å²) in [4.78, 5) is 13.1. The van der Waals surface area contributed by atoms with Gasteiger partial charge in [0.25, 0.3) is 12.3 Å². The summed E-state index contributed by atoms with van der Waals surface area (Å²) >= 11 is 0. The number of amides is 1. The van der Waals surface area contributed by atoms with Crippen LogP contribution in [0, 0.1) is 12.8 Å². The van der Waals surface area contributed by atoms with Gasteiger partial charge >= 0.3 is 0 Å². The van der Waals surface area contributed by atoms with Crippen molar-refractivity contribution in [1.29, 1.82) is 0 Å². The van der Waals surface area contributed by atoms with E-state index in [0.29, 0.717) is 24.7 Å². The molecule has 1 amide bonds. The lowest BCUT2D eigenvalue weighted by Crippen LogP contribution is -2.39. The highest BCUT2D eigenvalue weighted by atomic mass is 19.3. The molecule has 4 rings (SSSR count). The molecule has 1 aliphatic heterocycles. The van der Waals surface area contributed by atoms with Crippen LogP contribution in [0.3, 0.4) is 0 Å². The van der Waals surface area contributed by atoms with Gasteiger partial charge in [0.2, 0.25) is 0 Å². The lowest BCUT2D eigenvalue weighted by molar-refractivity contribution is 0.0696. The lowest BCUT2D eigenvalue weighted by Gasteiger charge is -2.25. The van der Waals surface area contributed by atoms with E-state index < -0.39 is 6.43 Å². The first-order valence-electron chi connectivity index (χ1n) is 11.5. The van der Waals surface area contributed by atoms with Gasteiger partial charge in [-0.15, -0.1) is 0 Å². The Morgan fingerprint density at radius 2 is 1.87 bits per heavy atom. The average molecular weight is 431 g/mol. The summed E-state index contributed by atoms with van der Waals surface area (Å²) in [5, 5.41) is 3.15. The Hall–Kier alpha value is -2.21. The lowest BCUT2D eigenvalue weighted by atomic mass is 9.89. The predicted octanol–water partition coefficient (Wildman–Crippen LogP) is 5.89. The molecule has 1 aromatic carbocycles. The normalized spacial score (nSPS) is 18.5. The fourth-order valence-corrected chi connectivity index (χ4v) is 4.92. The molecule has 31 heavy (non-hydrogen) atoms. The molecule has 0 unspecified atom stereocenters. The van der Waals surface area contributed by atoms with E-state index in [0.717, 1.165) is 36.3 Å². The second kappa shape index (κ2) is 9.94. The van der Waals surface area contributed by atoms with Crippen molar-refractivity contribution in [2.75, 3.05) is 13.2 Å². The molecule has 1 N–H and O–H groups in total. The third-order valence-electron chi connectivity index (χ3n) is 6.77. The SMILES string of the molecule is Cc1c(C(=O)NC2CCOCC2)cc(-c2cccc(C(F)F)c2)n1CC1CCCCC1. The highest BCUT2D eigenvalue weighted by Crippen LogP contribution is 2.33. The van der Waals surface area contributed by atoms with E-state index in [1.807, 2.05) is 19.1 Å². The van der Waals surface area contributed by atoms with Crippen molar-refractivity contribution in [2.45, 2.75) is 70.9 Å². The molecule has 1 aliphatic carbocycles. The number of carbonyl (C=O) groups excluding carboxylic acids is 1. The first-order chi connectivity index (χ1) is 15.0. The van der Waals surface area contributed by atoms with Gasteiger partial charge in [-0.2, -0.15) is 0 Å². The van der Waals surface area contributed by atoms with Crippen molar-refractivity contribution >= 4 is 5.91 Å². The number of ether oxygens (including phenoxy) is 1. The molecule has 1 saturated carbocycles. The molecule has 4 nitrogen and oxygen atoms in total. The molecule has 2 heterocycles. The number of halogens is 2. The summed E-state index contributed by atoms with van der Waals surface area (Å²) in [6, 6.07) is 8.54. The Labute approximate surface area is 183 Å². The van der Waals surface area contributed by atoms with Crippen LogP contribution >= 0.6 is 0 Å². The number of nitrogens with zero attached hydrogens (tertiary/aromatic N) is 1. The first-order valence-corrected chi connectivity index (χ1v) is 11.5. The van der Waals surface area contributed by atoms with Gasteiger partial charge in [-0.1, -0.05) is 37.5 Å². The minimum atomic E-state index is -2.51. The Kier molecular flexibility index (Phi) is 7.06. The van der Waals surface area contributed by atoms with Crippen LogP contribution in [0.5, 0.6) is 0 Å². The van der Waals surface area contributed by atoms with Crippen LogP contribution in [-0.2, 0) is 11.3 Å². The summed E-state index contributed by atoms with van der Waals surface area (Å²) < 4.78 is 34.2. The second-order valence-corrected chi connectivity index (χ2v) is 8.93. The molecule has 1 saturated heterocycles. The summed E-state index contributed by atoms with van der Waals surface area (Å²) in [5.41, 5.74) is 3.14. The standard InChI is InChI=1S/C25H32F2N2O2/c1-17-22(25(30)28-21-10-12-31-13-11-21)15-23(19-8-5-9-20(14-19)24(26)27)29(17)16-18-6-3-2-4-7-18/h5,8-9,14-15,18,21,24H,2-4,6-7,10-13,16H2,1H3,(H,28,30). The number of benzene rings is 1. The summed E-state index contributed by atoms with van der Waals surface area (Å²) in [7, 11) is 0. The Balaban J connectivity index is 1.66. The summed E-state index contributed by atoms with van der Waals surface area (Å²) in [5.74, 6) is 0.473. The van der Waals surface area contributed by atoms with E-state index in [4.69, 9.17) is 4.74 Å². The largest absolute Gasteiger partial charge is 0.381 e. The maximum absolute atomic E-state index is 13.3. The fraction of sp³-hybridized carbons (Fsp3) is 0.560. The fourth-order valence-electron chi connectivity index (χ4n) is 4.92. The van der Waals surface area contributed by atoms with Crippen LogP contribution < -0.4 is 5.32 Å². The molecule has 0 radical (unpaired) electrons. The topological polar surface area (TPSA) is 43.3 Å². The molecule has 6 heteroatoms. The van der Waals surface area contributed by atoms with Crippen molar-refractivity contribution in [3.8, 4) is 11.3 Å². The van der Waals surface area contributed by atoms with Gasteiger partial charge in [0.15, 0.2) is 0 Å². The van der Waals surface area contributed by atoms with Crippen LogP contribution in [0.2, 0.25) is 0 Å². The number of alkyl halides is 2. The van der Waals surface area contributed by atoms with Crippen molar-refractivity contribution < 1.29 is 18.3 Å². The molecule has 0 bridgehead atoms. The van der Waals surface area contributed by atoms with E-state index in [1.165, 1.54) is 38.2 Å². The van der Waals surface area contributed by atoms with Crippen molar-refractivity contribution in [3.63, 3.8) is 0 Å². The van der Waals surface area contributed by atoms with Gasteiger partial charge in [0, 0.05) is 42.8 Å². The number of hydrogen-bond acceptors (Lipinski definition) is 2. The highest BCUT2D eigenvalue weighted by Gasteiger charge is 2.24. The average Bonchev–Trinajstić information content (AvgIpc) is 3.11. The van der Waals surface area contributed by atoms with Gasteiger partial charge in [-0.25, -0.2) is 8.78 Å². The Bertz CT molecular complexity index is 897. The molecule has 2 aromatic rings. The maximum atomic E-state index is 13.3. The monoisotopic (exact) mass is 430 g/mol. The van der Waals surface area contributed by atoms with Gasteiger partial charge in [0.05, 0.1) is 5.56 Å². The number of nitrogens with one attached hydrogen (secondary N) is 1. The smallest absolute Gasteiger partial charge is 0.263 e. The molecule has 168 valence electrons. The zero-order valence-corrected chi connectivity index (χ0v) is 18.2. The van der Waals surface area contributed by atoms with E-state index >= 15 is 0 Å². The van der Waals surface area contributed by atoms with E-state index in [9.17, 15) is 13.6 Å². The Morgan fingerprint density at radius 1 is 1.13 bits per heavy atom. The van der Waals surface area contributed by atoms with Crippen molar-refractivity contribution in [1.82, 2.24) is 9.88 Å². The predicted molar refractivity (Wildman–Crippen MR) is 117 cm³/mol. The molecular weight excluding hydrogens is 398 g/mol. The number of carbonyl (C=O) groups is 1. The molecule has 0 spiro atoms. The van der Waals surface area contributed by atoms with Crippen molar-refractivity contribution in [3.05, 3.63) is 47.2 Å². The molecule has 0 atom stereocenters. The van der Waals surface area contributed by atoms with E-state index in [2.05, 4.69) is 9.88 Å². The Morgan fingerprint density at radius 3 is 2.58 bits per heavy atom. The molecule has 2 aliphatic rings. The van der Waals surface area contributed by atoms with Crippen molar-refractivity contribution in [2.24, 2.45) is 5.92 Å². The van der Waals surface area contributed by atoms with Gasteiger partial charge in [0.1, 0.15) is 0 Å². The van der Waals surface area contributed by atoms with Gasteiger partial charge < -0.3 is 14.6 Å². The van der Waals surface area contributed by atoms with Crippen LogP contribution in [0.4, 0.5) is 8.78 Å². The molecular formula is C25H32F2N2O2. The quantitative estimate of drug-likeness (QED) is 0.621.